The van der Waals surface area contributed by atoms with Crippen LogP contribution >= 0.6 is 0 Å². The second kappa shape index (κ2) is 1.55. The summed E-state index contributed by atoms with van der Waals surface area (Å²) in [6.45, 7) is 0. The molecule has 0 aliphatic rings. The highest BCUT2D eigenvalue weighted by Crippen LogP contribution is 1.92. The highest BCUT2D eigenvalue weighted by atomic mass is 15.0. The van der Waals surface area contributed by atoms with Gasteiger partial charge in [0, 0.05) is 24.8 Å². The van der Waals surface area contributed by atoms with Crippen molar-refractivity contribution < 1.29 is 0 Å². The number of imidazole rings is 1. The van der Waals surface area contributed by atoms with Crippen LogP contribution in [0.3, 0.4) is 0 Å². The van der Waals surface area contributed by atoms with E-state index in [1.807, 2.05) is 16.8 Å². The minimum absolute atomic E-state index is 0.762. The zero-order chi connectivity index (χ0) is 6.10. The van der Waals surface area contributed by atoms with Crippen molar-refractivity contribution in [2.24, 2.45) is 0 Å². The number of aromatic nitrogens is 3. The smallest absolute Gasteiger partial charge is 0.165 e. The average Bonchev–Trinajstić information content (AvgIpc) is 2.33. The van der Waals surface area contributed by atoms with Crippen LogP contribution in [0, 0.1) is 6.20 Å². The summed E-state index contributed by atoms with van der Waals surface area (Å²) < 4.78 is 1.85. The van der Waals surface area contributed by atoms with Crippen molar-refractivity contribution in [2.45, 2.75) is 0 Å². The van der Waals surface area contributed by atoms with E-state index < -0.39 is 0 Å². The molecule has 0 N–H and O–H groups in total. The van der Waals surface area contributed by atoms with Crippen LogP contribution in [0.15, 0.2) is 24.8 Å². The number of hydrogen-bond donors (Lipinski definition) is 0. The molecule has 2 rings (SSSR count). The maximum Gasteiger partial charge on any atom is 0.165 e. The third-order valence-corrected chi connectivity index (χ3v) is 1.14. The van der Waals surface area contributed by atoms with Gasteiger partial charge in [0.1, 0.15) is 6.20 Å². The molecule has 3 nitrogen and oxygen atoms in total. The Labute approximate surface area is 52.0 Å². The maximum atomic E-state index is 3.96. The molecule has 1 radical (unpaired) electrons. The molecule has 0 bridgehead atoms. The third kappa shape index (κ3) is 0.579. The van der Waals surface area contributed by atoms with Crippen LogP contribution < -0.4 is 0 Å². The lowest BCUT2D eigenvalue weighted by Gasteiger charge is -1.85. The predicted octanol–water partition coefficient (Wildman–Crippen LogP) is 0.529. The van der Waals surface area contributed by atoms with Gasteiger partial charge >= 0.3 is 0 Å². The number of hydrogen-bond acceptors (Lipinski definition) is 2. The predicted molar refractivity (Wildman–Crippen MR) is 31.8 cm³/mol. The van der Waals surface area contributed by atoms with E-state index in [2.05, 4.69) is 16.2 Å². The van der Waals surface area contributed by atoms with Gasteiger partial charge < -0.3 is 4.40 Å². The van der Waals surface area contributed by atoms with Gasteiger partial charge in [0.25, 0.3) is 0 Å². The van der Waals surface area contributed by atoms with Crippen LogP contribution in [0.25, 0.3) is 5.65 Å². The topological polar surface area (TPSA) is 30.2 Å². The molecule has 0 spiro atoms. The lowest BCUT2D eigenvalue weighted by Crippen LogP contribution is -1.81. The molecule has 0 fully saturated rings. The van der Waals surface area contributed by atoms with Crippen molar-refractivity contribution in [3.8, 4) is 0 Å². The second-order valence-electron chi connectivity index (χ2n) is 1.70. The summed E-state index contributed by atoms with van der Waals surface area (Å²) in [5, 5.41) is 0. The molecule has 0 amide bonds. The number of nitrogens with zero attached hydrogens (tertiary/aromatic N) is 3. The van der Waals surface area contributed by atoms with Crippen LogP contribution in [-0.4, -0.2) is 14.4 Å². The highest BCUT2D eigenvalue weighted by molar-refractivity contribution is 5.31. The molecule has 0 saturated heterocycles. The minimum atomic E-state index is 0.762. The molecule has 0 aliphatic carbocycles. The Balaban J connectivity index is 2.95. The zero-order valence-electron chi connectivity index (χ0n) is 4.65. The summed E-state index contributed by atoms with van der Waals surface area (Å²) in [4.78, 5) is 7.74. The summed E-state index contributed by atoms with van der Waals surface area (Å²) in [6, 6.07) is 0. The molecular weight excluding hydrogens is 114 g/mol. The zero-order valence-corrected chi connectivity index (χ0v) is 4.65. The molecule has 3 heteroatoms. The second-order valence-corrected chi connectivity index (χ2v) is 1.70. The molecule has 43 valence electrons. The Hall–Kier alpha value is -1.38. The van der Waals surface area contributed by atoms with Gasteiger partial charge in [-0.05, 0) is 0 Å². The van der Waals surface area contributed by atoms with Gasteiger partial charge in [0.2, 0.25) is 0 Å². The van der Waals surface area contributed by atoms with Crippen molar-refractivity contribution in [1.29, 1.82) is 0 Å². The molecule has 9 heavy (non-hydrogen) atoms. The van der Waals surface area contributed by atoms with Gasteiger partial charge in [-0.25, -0.2) is 9.97 Å². The summed E-state index contributed by atoms with van der Waals surface area (Å²) in [7, 11) is 0. The van der Waals surface area contributed by atoms with E-state index in [0.29, 0.717) is 0 Å². The van der Waals surface area contributed by atoms with E-state index >= 15 is 0 Å². The molecule has 0 atom stereocenters. The standard InChI is InChI=1S/C6H4N3/c1-3-9-4-2-8-6(9)5-7-1/h1-4H. The highest BCUT2D eigenvalue weighted by Gasteiger charge is 1.87. The molecule has 2 heterocycles. The number of rotatable bonds is 0. The van der Waals surface area contributed by atoms with Crippen molar-refractivity contribution >= 4 is 5.65 Å². The van der Waals surface area contributed by atoms with Crippen LogP contribution in [0.2, 0.25) is 0 Å². The van der Waals surface area contributed by atoms with Gasteiger partial charge in [-0.1, -0.05) is 0 Å². The normalized spacial score (nSPS) is 10.2. The molecule has 0 unspecified atom stereocenters. The molecule has 2 aromatic rings. The summed E-state index contributed by atoms with van der Waals surface area (Å²) >= 11 is 0. The van der Waals surface area contributed by atoms with Crippen LogP contribution in [0.5, 0.6) is 0 Å². The van der Waals surface area contributed by atoms with E-state index in [9.17, 15) is 0 Å². The van der Waals surface area contributed by atoms with E-state index in [-0.39, 0.29) is 0 Å². The SMILES string of the molecule is [c]1nccn2ccnc12. The summed E-state index contributed by atoms with van der Waals surface area (Å²) in [6.07, 6.45) is 9.81. The Kier molecular flexibility index (Phi) is 0.773. The first-order valence-corrected chi connectivity index (χ1v) is 2.62. The van der Waals surface area contributed by atoms with Crippen molar-refractivity contribution in [3.63, 3.8) is 0 Å². The van der Waals surface area contributed by atoms with E-state index in [1.54, 1.807) is 12.4 Å². The van der Waals surface area contributed by atoms with Gasteiger partial charge in [-0.2, -0.15) is 0 Å². The first-order chi connectivity index (χ1) is 4.47. The monoisotopic (exact) mass is 118 g/mol. The summed E-state index contributed by atoms with van der Waals surface area (Å²) in [5.41, 5.74) is 0.762. The summed E-state index contributed by atoms with van der Waals surface area (Å²) in [5.74, 6) is 0. The van der Waals surface area contributed by atoms with Crippen LogP contribution in [0.4, 0.5) is 0 Å². The molecule has 0 aromatic carbocycles. The molecule has 0 saturated carbocycles. The van der Waals surface area contributed by atoms with E-state index in [0.717, 1.165) is 5.65 Å². The molecule has 0 aliphatic heterocycles. The van der Waals surface area contributed by atoms with Gasteiger partial charge in [0.15, 0.2) is 5.65 Å². The van der Waals surface area contributed by atoms with Crippen LogP contribution in [0.1, 0.15) is 0 Å². The Morgan fingerprint density at radius 2 is 2.22 bits per heavy atom. The fraction of sp³-hybridized carbons (Fsp3) is 0. The fourth-order valence-corrected chi connectivity index (χ4v) is 0.720. The van der Waals surface area contributed by atoms with Crippen molar-refractivity contribution in [1.82, 2.24) is 14.4 Å². The third-order valence-electron chi connectivity index (χ3n) is 1.14. The lowest BCUT2D eigenvalue weighted by atomic mass is 10.7. The Bertz CT molecular complexity index is 282. The Morgan fingerprint density at radius 1 is 1.33 bits per heavy atom. The van der Waals surface area contributed by atoms with Gasteiger partial charge in [0.05, 0.1) is 0 Å². The van der Waals surface area contributed by atoms with Crippen molar-refractivity contribution in [3.05, 3.63) is 31.0 Å². The lowest BCUT2D eigenvalue weighted by molar-refractivity contribution is 1.12. The van der Waals surface area contributed by atoms with E-state index in [4.69, 9.17) is 0 Å². The largest absolute Gasteiger partial charge is 0.304 e. The first kappa shape index (κ1) is 4.49. The quantitative estimate of drug-likeness (QED) is 0.505. The fourth-order valence-electron chi connectivity index (χ4n) is 0.720. The van der Waals surface area contributed by atoms with Crippen LogP contribution in [-0.2, 0) is 0 Å². The maximum absolute atomic E-state index is 3.96. The first-order valence-electron chi connectivity index (χ1n) is 2.62. The van der Waals surface area contributed by atoms with E-state index in [1.165, 1.54) is 0 Å². The molecule has 2 aromatic heterocycles. The average molecular weight is 118 g/mol. The van der Waals surface area contributed by atoms with Gasteiger partial charge in [-0.3, -0.25) is 0 Å². The minimum Gasteiger partial charge on any atom is -0.304 e. The molecular formula is C6H4N3. The van der Waals surface area contributed by atoms with Gasteiger partial charge in [-0.15, -0.1) is 0 Å². The Morgan fingerprint density at radius 3 is 3.11 bits per heavy atom. The van der Waals surface area contributed by atoms with Crippen molar-refractivity contribution in [2.75, 3.05) is 0 Å². The number of fused-ring (bicyclic) bond motifs is 1.